The fourth-order valence-corrected chi connectivity index (χ4v) is 2.29. The van der Waals surface area contributed by atoms with E-state index in [9.17, 15) is 0 Å². The molecule has 0 aliphatic carbocycles. The number of ether oxygens (including phenoxy) is 1. The molecule has 0 spiro atoms. The Hall–Kier alpha value is -1.89. The van der Waals surface area contributed by atoms with Crippen LogP contribution in [0.4, 0.5) is 5.69 Å². The van der Waals surface area contributed by atoms with E-state index in [0.717, 1.165) is 20.2 Å². The highest BCUT2D eigenvalue weighted by atomic mass is 127. The minimum absolute atomic E-state index is 0.513. The molecule has 0 radical (unpaired) electrons. The van der Waals surface area contributed by atoms with Crippen LogP contribution in [0.15, 0.2) is 48.8 Å². The maximum absolute atomic E-state index is 5.82. The molecule has 1 heterocycles. The fraction of sp³-hybridized carbons (Fsp3) is 0. The molecule has 0 aliphatic heterocycles. The first-order valence-corrected chi connectivity index (χ1v) is 6.74. The third-order valence-electron chi connectivity index (χ3n) is 2.63. The van der Waals surface area contributed by atoms with Gasteiger partial charge in [0.25, 0.3) is 0 Å². The molecule has 0 atom stereocenters. The van der Waals surface area contributed by atoms with E-state index in [2.05, 4.69) is 32.6 Å². The van der Waals surface area contributed by atoms with Crippen LogP contribution in [0, 0.1) is 3.57 Å². The van der Waals surface area contributed by atoms with Crippen molar-refractivity contribution < 1.29 is 4.74 Å². The molecule has 1 aromatic heterocycles. The minimum atomic E-state index is 0.513. The number of nitrogens with two attached hydrogens (primary N) is 1. The molecule has 0 aliphatic rings. The van der Waals surface area contributed by atoms with Crippen molar-refractivity contribution in [3.63, 3.8) is 0 Å². The normalized spacial score (nSPS) is 10.6. The van der Waals surface area contributed by atoms with Gasteiger partial charge in [-0.05, 0) is 59.0 Å². The Bertz CT molecular complexity index is 746. The second-order valence-electron chi connectivity index (χ2n) is 4.01. The Labute approximate surface area is 123 Å². The van der Waals surface area contributed by atoms with Gasteiger partial charge in [0.2, 0.25) is 5.88 Å². The first-order valence-electron chi connectivity index (χ1n) is 5.66. The highest BCUT2D eigenvalue weighted by Gasteiger charge is 2.06. The van der Waals surface area contributed by atoms with Crippen molar-refractivity contribution in [1.82, 2.24) is 9.97 Å². The van der Waals surface area contributed by atoms with E-state index in [1.54, 1.807) is 0 Å². The quantitative estimate of drug-likeness (QED) is 0.558. The molecule has 19 heavy (non-hydrogen) atoms. The highest BCUT2D eigenvalue weighted by Crippen LogP contribution is 2.28. The average Bonchev–Trinajstić information content (AvgIpc) is 2.39. The topological polar surface area (TPSA) is 61.0 Å². The van der Waals surface area contributed by atoms with E-state index in [1.807, 2.05) is 42.5 Å². The summed E-state index contributed by atoms with van der Waals surface area (Å²) < 4.78 is 6.92. The SMILES string of the molecule is Nc1ccc2ncnc(Oc3cccc(I)c3)c2c1. The van der Waals surface area contributed by atoms with Gasteiger partial charge in [-0.1, -0.05) is 6.07 Å². The number of benzene rings is 2. The van der Waals surface area contributed by atoms with Gasteiger partial charge in [0, 0.05) is 9.26 Å². The number of hydrogen-bond donors (Lipinski definition) is 1. The second-order valence-corrected chi connectivity index (χ2v) is 5.26. The number of aromatic nitrogens is 2. The monoisotopic (exact) mass is 363 g/mol. The van der Waals surface area contributed by atoms with Crippen LogP contribution in [-0.4, -0.2) is 9.97 Å². The average molecular weight is 363 g/mol. The lowest BCUT2D eigenvalue weighted by atomic mass is 10.2. The first kappa shape index (κ1) is 12.2. The molecule has 0 saturated carbocycles. The van der Waals surface area contributed by atoms with E-state index >= 15 is 0 Å². The zero-order valence-electron chi connectivity index (χ0n) is 9.88. The lowest BCUT2D eigenvalue weighted by Gasteiger charge is -2.08. The standard InChI is InChI=1S/C14H10IN3O/c15-9-2-1-3-11(6-9)19-14-12-7-10(16)4-5-13(12)17-8-18-14/h1-8H,16H2. The van der Waals surface area contributed by atoms with Crippen molar-refractivity contribution in [2.45, 2.75) is 0 Å². The van der Waals surface area contributed by atoms with Crippen LogP contribution in [0.3, 0.4) is 0 Å². The van der Waals surface area contributed by atoms with E-state index in [0.29, 0.717) is 11.6 Å². The van der Waals surface area contributed by atoms with Gasteiger partial charge in [-0.25, -0.2) is 9.97 Å². The van der Waals surface area contributed by atoms with Gasteiger partial charge in [0.15, 0.2) is 0 Å². The number of fused-ring (bicyclic) bond motifs is 1. The molecule has 2 N–H and O–H groups in total. The molecular weight excluding hydrogens is 353 g/mol. The largest absolute Gasteiger partial charge is 0.438 e. The van der Waals surface area contributed by atoms with E-state index in [4.69, 9.17) is 10.5 Å². The van der Waals surface area contributed by atoms with Gasteiger partial charge in [-0.3, -0.25) is 0 Å². The molecule has 0 amide bonds. The molecule has 4 nitrogen and oxygen atoms in total. The van der Waals surface area contributed by atoms with Crippen LogP contribution in [0.25, 0.3) is 10.9 Å². The summed E-state index contributed by atoms with van der Waals surface area (Å²) in [6.45, 7) is 0. The Kier molecular flexibility index (Phi) is 3.20. The molecule has 0 fully saturated rings. The van der Waals surface area contributed by atoms with Gasteiger partial charge in [0.05, 0.1) is 10.9 Å². The number of anilines is 1. The van der Waals surface area contributed by atoms with Gasteiger partial charge < -0.3 is 10.5 Å². The molecule has 94 valence electrons. The van der Waals surface area contributed by atoms with Crippen molar-refractivity contribution in [3.8, 4) is 11.6 Å². The molecule has 2 aromatic carbocycles. The summed E-state index contributed by atoms with van der Waals surface area (Å²) in [6, 6.07) is 13.3. The summed E-state index contributed by atoms with van der Waals surface area (Å²) in [5.41, 5.74) is 7.27. The zero-order chi connectivity index (χ0) is 13.2. The van der Waals surface area contributed by atoms with Gasteiger partial charge >= 0.3 is 0 Å². The predicted molar refractivity (Wildman–Crippen MR) is 83.2 cm³/mol. The number of rotatable bonds is 2. The van der Waals surface area contributed by atoms with E-state index in [1.165, 1.54) is 6.33 Å². The van der Waals surface area contributed by atoms with Crippen molar-refractivity contribution in [2.75, 3.05) is 5.73 Å². The number of nitrogen functional groups attached to an aromatic ring is 1. The van der Waals surface area contributed by atoms with Crippen molar-refractivity contribution in [1.29, 1.82) is 0 Å². The van der Waals surface area contributed by atoms with Crippen LogP contribution >= 0.6 is 22.6 Å². The van der Waals surface area contributed by atoms with Crippen LogP contribution in [-0.2, 0) is 0 Å². The third-order valence-corrected chi connectivity index (χ3v) is 3.30. The summed E-state index contributed by atoms with van der Waals surface area (Å²) in [5, 5.41) is 0.807. The lowest BCUT2D eigenvalue weighted by molar-refractivity contribution is 0.468. The highest BCUT2D eigenvalue weighted by molar-refractivity contribution is 14.1. The Morgan fingerprint density at radius 2 is 1.95 bits per heavy atom. The summed E-state index contributed by atoms with van der Waals surface area (Å²) >= 11 is 2.24. The summed E-state index contributed by atoms with van der Waals surface area (Å²) in [4.78, 5) is 8.38. The van der Waals surface area contributed by atoms with Crippen LogP contribution in [0.2, 0.25) is 0 Å². The van der Waals surface area contributed by atoms with Crippen molar-refractivity contribution in [2.24, 2.45) is 0 Å². The predicted octanol–water partition coefficient (Wildman–Crippen LogP) is 3.61. The van der Waals surface area contributed by atoms with Crippen molar-refractivity contribution >= 4 is 39.2 Å². The minimum Gasteiger partial charge on any atom is -0.438 e. The van der Waals surface area contributed by atoms with Crippen LogP contribution in [0.5, 0.6) is 11.6 Å². The number of nitrogens with zero attached hydrogens (tertiary/aromatic N) is 2. The Morgan fingerprint density at radius 1 is 1.05 bits per heavy atom. The van der Waals surface area contributed by atoms with Crippen LogP contribution in [0.1, 0.15) is 0 Å². The smallest absolute Gasteiger partial charge is 0.230 e. The zero-order valence-corrected chi connectivity index (χ0v) is 12.0. The maximum Gasteiger partial charge on any atom is 0.230 e. The van der Waals surface area contributed by atoms with Gasteiger partial charge in [-0.15, -0.1) is 0 Å². The van der Waals surface area contributed by atoms with Crippen LogP contribution < -0.4 is 10.5 Å². The van der Waals surface area contributed by atoms with Crippen molar-refractivity contribution in [3.05, 3.63) is 52.4 Å². The molecule has 5 heteroatoms. The summed E-state index contributed by atoms with van der Waals surface area (Å²) in [6.07, 6.45) is 1.49. The van der Waals surface area contributed by atoms with E-state index < -0.39 is 0 Å². The molecule has 0 saturated heterocycles. The molecule has 0 unspecified atom stereocenters. The molecule has 3 rings (SSSR count). The Morgan fingerprint density at radius 3 is 2.79 bits per heavy atom. The lowest BCUT2D eigenvalue weighted by Crippen LogP contribution is -1.93. The molecule has 0 bridgehead atoms. The summed E-state index contributed by atoms with van der Waals surface area (Å²) in [7, 11) is 0. The van der Waals surface area contributed by atoms with Gasteiger partial charge in [0.1, 0.15) is 12.1 Å². The fourth-order valence-electron chi connectivity index (χ4n) is 1.77. The molecular formula is C14H10IN3O. The first-order chi connectivity index (χ1) is 9.22. The number of halogens is 1. The summed E-state index contributed by atoms with van der Waals surface area (Å²) in [5.74, 6) is 1.26. The Balaban J connectivity index is 2.07. The van der Waals surface area contributed by atoms with Gasteiger partial charge in [-0.2, -0.15) is 0 Å². The third kappa shape index (κ3) is 2.60. The molecule has 3 aromatic rings. The second kappa shape index (κ2) is 5.00. The van der Waals surface area contributed by atoms with E-state index in [-0.39, 0.29) is 0 Å². The number of hydrogen-bond acceptors (Lipinski definition) is 4. The maximum atomic E-state index is 5.82.